The van der Waals surface area contributed by atoms with E-state index in [1.54, 1.807) is 6.33 Å². The van der Waals surface area contributed by atoms with Crippen LogP contribution in [0.4, 0.5) is 5.69 Å². The molecule has 4 rings (SSSR count). The van der Waals surface area contributed by atoms with Crippen LogP contribution in [0.5, 0.6) is 0 Å². The van der Waals surface area contributed by atoms with Crippen molar-refractivity contribution in [1.82, 2.24) is 19.7 Å². The van der Waals surface area contributed by atoms with Crippen molar-refractivity contribution in [2.24, 2.45) is 0 Å². The summed E-state index contributed by atoms with van der Waals surface area (Å²) < 4.78 is 1.90. The molecule has 0 bridgehead atoms. The minimum absolute atomic E-state index is 0.0548. The Balaban J connectivity index is 1.29. The van der Waals surface area contributed by atoms with Crippen LogP contribution in [0.2, 0.25) is 0 Å². The molecule has 31 heavy (non-hydrogen) atoms. The van der Waals surface area contributed by atoms with Crippen LogP contribution < -0.4 is 5.32 Å². The average molecular weight is 436 g/mol. The number of carbonyl (C=O) groups is 1. The summed E-state index contributed by atoms with van der Waals surface area (Å²) in [5.41, 5.74) is 4.28. The number of nitrogens with zero attached hydrogens (tertiary/aromatic N) is 4. The molecule has 6 nitrogen and oxygen atoms in total. The molecular weight excluding hydrogens is 406 g/mol. The van der Waals surface area contributed by atoms with Gasteiger partial charge in [-0.25, -0.2) is 0 Å². The van der Waals surface area contributed by atoms with E-state index in [2.05, 4.69) is 46.4 Å². The third kappa shape index (κ3) is 5.74. The molecule has 0 saturated carbocycles. The molecule has 0 spiro atoms. The largest absolute Gasteiger partial charge is 0.325 e. The zero-order chi connectivity index (χ0) is 21.6. The third-order valence-electron chi connectivity index (χ3n) is 5.72. The molecule has 7 heteroatoms. The van der Waals surface area contributed by atoms with Crippen molar-refractivity contribution in [3.8, 4) is 5.69 Å². The Hall–Kier alpha value is -2.64. The van der Waals surface area contributed by atoms with E-state index in [4.69, 9.17) is 0 Å². The fraction of sp³-hybridized carbons (Fsp3) is 0.375. The lowest BCUT2D eigenvalue weighted by Gasteiger charge is -2.33. The van der Waals surface area contributed by atoms with Gasteiger partial charge in [0, 0.05) is 24.0 Å². The van der Waals surface area contributed by atoms with Crippen LogP contribution in [-0.4, -0.2) is 43.9 Å². The van der Waals surface area contributed by atoms with Gasteiger partial charge in [0.15, 0.2) is 5.16 Å². The van der Waals surface area contributed by atoms with Crippen molar-refractivity contribution in [3.05, 3.63) is 66.0 Å². The maximum atomic E-state index is 12.4. The van der Waals surface area contributed by atoms with Crippen molar-refractivity contribution in [2.75, 3.05) is 17.6 Å². The SMILES string of the molecule is Cc1ccc(-n2cnnc2SCC(=O)Nc2ccc(CN3CCCCC3C)cc2)cc1. The van der Waals surface area contributed by atoms with Gasteiger partial charge in [0.1, 0.15) is 6.33 Å². The highest BCUT2D eigenvalue weighted by Crippen LogP contribution is 2.22. The van der Waals surface area contributed by atoms with Gasteiger partial charge in [-0.3, -0.25) is 14.3 Å². The highest BCUT2D eigenvalue weighted by molar-refractivity contribution is 7.99. The number of hydrogen-bond acceptors (Lipinski definition) is 5. The molecule has 1 unspecified atom stereocenters. The first-order valence-corrected chi connectivity index (χ1v) is 11.8. The second kappa shape index (κ2) is 10.1. The van der Waals surface area contributed by atoms with Gasteiger partial charge in [-0.1, -0.05) is 48.0 Å². The monoisotopic (exact) mass is 435 g/mol. The summed E-state index contributed by atoms with van der Waals surface area (Å²) in [6, 6.07) is 17.0. The summed E-state index contributed by atoms with van der Waals surface area (Å²) in [6.45, 7) is 6.51. The Bertz CT molecular complexity index is 1000. The molecule has 1 fully saturated rings. The van der Waals surface area contributed by atoms with Gasteiger partial charge in [-0.15, -0.1) is 10.2 Å². The number of rotatable bonds is 7. The van der Waals surface area contributed by atoms with Gasteiger partial charge in [-0.05, 0) is 63.1 Å². The van der Waals surface area contributed by atoms with E-state index in [9.17, 15) is 4.79 Å². The molecule has 2 aromatic carbocycles. The minimum Gasteiger partial charge on any atom is -0.325 e. The fourth-order valence-corrected chi connectivity index (χ4v) is 4.58. The molecule has 1 N–H and O–H groups in total. The van der Waals surface area contributed by atoms with Crippen molar-refractivity contribution in [2.45, 2.75) is 50.9 Å². The normalized spacial score (nSPS) is 16.9. The molecule has 2 heterocycles. The number of carbonyl (C=O) groups excluding carboxylic acids is 1. The van der Waals surface area contributed by atoms with E-state index in [0.29, 0.717) is 11.2 Å². The standard InChI is InChI=1S/C24H29N5OS/c1-18-6-12-22(13-7-18)29-17-25-27-24(29)31-16-23(30)26-21-10-8-20(9-11-21)15-28-14-4-3-5-19(28)2/h6-13,17,19H,3-5,14-16H2,1-2H3,(H,26,30). The number of aryl methyl sites for hydroxylation is 1. The summed E-state index contributed by atoms with van der Waals surface area (Å²) >= 11 is 1.38. The molecular formula is C24H29N5OS. The number of likely N-dealkylation sites (tertiary alicyclic amines) is 1. The predicted octanol–water partition coefficient (Wildman–Crippen LogP) is 4.68. The molecule has 3 aromatic rings. The molecule has 1 aromatic heterocycles. The molecule has 162 valence electrons. The van der Waals surface area contributed by atoms with Gasteiger partial charge in [0.2, 0.25) is 5.91 Å². The first-order chi connectivity index (χ1) is 15.1. The summed E-state index contributed by atoms with van der Waals surface area (Å²) in [4.78, 5) is 15.0. The topological polar surface area (TPSA) is 63.1 Å². The number of anilines is 1. The average Bonchev–Trinajstić information content (AvgIpc) is 3.24. The number of thioether (sulfide) groups is 1. The lowest BCUT2D eigenvalue weighted by atomic mass is 10.0. The molecule has 1 saturated heterocycles. The lowest BCUT2D eigenvalue weighted by molar-refractivity contribution is -0.113. The van der Waals surface area contributed by atoms with E-state index >= 15 is 0 Å². The Morgan fingerprint density at radius 2 is 1.90 bits per heavy atom. The number of hydrogen-bond donors (Lipinski definition) is 1. The highest BCUT2D eigenvalue weighted by atomic mass is 32.2. The van der Waals surface area contributed by atoms with Crippen molar-refractivity contribution < 1.29 is 4.79 Å². The van der Waals surface area contributed by atoms with Gasteiger partial charge in [0.05, 0.1) is 5.75 Å². The van der Waals surface area contributed by atoms with Crippen molar-refractivity contribution in [1.29, 1.82) is 0 Å². The quantitative estimate of drug-likeness (QED) is 0.546. The number of aromatic nitrogens is 3. The Kier molecular flexibility index (Phi) is 7.04. The van der Waals surface area contributed by atoms with Gasteiger partial charge in [0.25, 0.3) is 0 Å². The van der Waals surface area contributed by atoms with Crippen LogP contribution in [0.3, 0.4) is 0 Å². The van der Waals surface area contributed by atoms with E-state index in [0.717, 1.165) is 17.9 Å². The van der Waals surface area contributed by atoms with E-state index < -0.39 is 0 Å². The molecule has 1 aliphatic heterocycles. The van der Waals surface area contributed by atoms with Gasteiger partial charge >= 0.3 is 0 Å². The van der Waals surface area contributed by atoms with Crippen molar-refractivity contribution in [3.63, 3.8) is 0 Å². The Labute approximate surface area is 188 Å². The van der Waals surface area contributed by atoms with Gasteiger partial charge < -0.3 is 5.32 Å². The van der Waals surface area contributed by atoms with E-state index in [1.807, 2.05) is 41.0 Å². The number of amides is 1. The number of benzene rings is 2. The maximum absolute atomic E-state index is 12.4. The first-order valence-electron chi connectivity index (χ1n) is 10.8. The lowest BCUT2D eigenvalue weighted by Crippen LogP contribution is -2.36. The third-order valence-corrected chi connectivity index (χ3v) is 6.67. The zero-order valence-corrected chi connectivity index (χ0v) is 18.9. The molecule has 1 amide bonds. The Morgan fingerprint density at radius 3 is 2.65 bits per heavy atom. The van der Waals surface area contributed by atoms with E-state index in [1.165, 1.54) is 48.7 Å². The molecule has 0 aliphatic carbocycles. The summed E-state index contributed by atoms with van der Waals surface area (Å²) in [5, 5.41) is 11.8. The predicted molar refractivity (Wildman–Crippen MR) is 126 cm³/mol. The van der Waals surface area contributed by atoms with Crippen LogP contribution in [-0.2, 0) is 11.3 Å². The van der Waals surface area contributed by atoms with Crippen LogP contribution in [0, 0.1) is 6.92 Å². The van der Waals surface area contributed by atoms with Crippen molar-refractivity contribution >= 4 is 23.4 Å². The Morgan fingerprint density at radius 1 is 1.13 bits per heavy atom. The number of nitrogens with one attached hydrogen (secondary N) is 1. The van der Waals surface area contributed by atoms with Crippen LogP contribution in [0.1, 0.15) is 37.3 Å². The van der Waals surface area contributed by atoms with E-state index in [-0.39, 0.29) is 11.7 Å². The fourth-order valence-electron chi connectivity index (χ4n) is 3.85. The summed E-state index contributed by atoms with van der Waals surface area (Å²) in [5.74, 6) is 0.221. The smallest absolute Gasteiger partial charge is 0.234 e. The van der Waals surface area contributed by atoms with Crippen LogP contribution in [0.25, 0.3) is 5.69 Å². The molecule has 1 aliphatic rings. The minimum atomic E-state index is -0.0548. The van der Waals surface area contributed by atoms with Gasteiger partial charge in [-0.2, -0.15) is 0 Å². The second-order valence-electron chi connectivity index (χ2n) is 8.17. The molecule has 0 radical (unpaired) electrons. The summed E-state index contributed by atoms with van der Waals surface area (Å²) in [6.07, 6.45) is 5.58. The van der Waals surface area contributed by atoms with Crippen LogP contribution >= 0.6 is 11.8 Å². The van der Waals surface area contributed by atoms with Crippen LogP contribution in [0.15, 0.2) is 60.0 Å². The second-order valence-corrected chi connectivity index (χ2v) is 9.11. The maximum Gasteiger partial charge on any atom is 0.234 e. The highest BCUT2D eigenvalue weighted by Gasteiger charge is 2.18. The first kappa shape index (κ1) is 21.6. The summed E-state index contributed by atoms with van der Waals surface area (Å²) in [7, 11) is 0. The molecule has 1 atom stereocenters. The zero-order valence-electron chi connectivity index (χ0n) is 18.1. The number of piperidine rings is 1.